The normalized spacial score (nSPS) is 12.2. The third-order valence-electron chi connectivity index (χ3n) is 2.13. The number of carbonyl (C=O) groups excluding carboxylic acids is 1. The molecule has 1 heterocycles. The van der Waals surface area contributed by atoms with Crippen molar-refractivity contribution in [3.63, 3.8) is 0 Å². The van der Waals surface area contributed by atoms with Crippen molar-refractivity contribution in [3.8, 4) is 0 Å². The Morgan fingerprint density at radius 3 is 2.86 bits per heavy atom. The molecule has 1 rings (SSSR count). The van der Waals surface area contributed by atoms with Crippen LogP contribution in [0.15, 0.2) is 18.5 Å². The standard InChI is InChI=1S/C11H16N2O/c1-4-9(3)13-11(14)10-5-8(2)6-12-7-10/h5-7,9H,4H2,1-3H3,(H,13,14). The van der Waals surface area contributed by atoms with Gasteiger partial charge in [0.05, 0.1) is 5.56 Å². The third-order valence-corrected chi connectivity index (χ3v) is 2.13. The van der Waals surface area contributed by atoms with Crippen LogP contribution in [-0.2, 0) is 0 Å². The first kappa shape index (κ1) is 10.7. The number of aromatic nitrogens is 1. The van der Waals surface area contributed by atoms with Gasteiger partial charge >= 0.3 is 0 Å². The van der Waals surface area contributed by atoms with Crippen molar-refractivity contribution >= 4 is 5.91 Å². The van der Waals surface area contributed by atoms with E-state index in [1.807, 2.05) is 26.8 Å². The average molecular weight is 192 g/mol. The van der Waals surface area contributed by atoms with E-state index in [1.165, 1.54) is 0 Å². The molecule has 0 radical (unpaired) electrons. The molecule has 1 unspecified atom stereocenters. The number of rotatable bonds is 3. The Kier molecular flexibility index (Phi) is 3.63. The molecule has 0 aliphatic carbocycles. The van der Waals surface area contributed by atoms with Gasteiger partial charge in [-0.1, -0.05) is 6.92 Å². The molecule has 1 aromatic rings. The molecule has 0 aromatic carbocycles. The van der Waals surface area contributed by atoms with Crippen molar-refractivity contribution in [2.45, 2.75) is 33.2 Å². The predicted molar refractivity (Wildman–Crippen MR) is 56.2 cm³/mol. The van der Waals surface area contributed by atoms with Crippen molar-refractivity contribution < 1.29 is 4.79 Å². The minimum Gasteiger partial charge on any atom is -0.350 e. The van der Waals surface area contributed by atoms with Crippen LogP contribution in [-0.4, -0.2) is 16.9 Å². The first-order chi connectivity index (χ1) is 6.63. The lowest BCUT2D eigenvalue weighted by Crippen LogP contribution is -2.31. The highest BCUT2D eigenvalue weighted by Gasteiger charge is 2.08. The second-order valence-corrected chi connectivity index (χ2v) is 3.53. The summed E-state index contributed by atoms with van der Waals surface area (Å²) in [5.74, 6) is -0.0458. The molecule has 1 aromatic heterocycles. The molecule has 0 saturated heterocycles. The largest absolute Gasteiger partial charge is 0.350 e. The first-order valence-electron chi connectivity index (χ1n) is 4.86. The Balaban J connectivity index is 2.70. The molecule has 3 nitrogen and oxygen atoms in total. The van der Waals surface area contributed by atoms with Crippen LogP contribution in [0.25, 0.3) is 0 Å². The van der Waals surface area contributed by atoms with Crippen LogP contribution in [0.5, 0.6) is 0 Å². The zero-order chi connectivity index (χ0) is 10.6. The maximum absolute atomic E-state index is 11.6. The quantitative estimate of drug-likeness (QED) is 0.795. The fraction of sp³-hybridized carbons (Fsp3) is 0.455. The van der Waals surface area contributed by atoms with E-state index in [4.69, 9.17) is 0 Å². The lowest BCUT2D eigenvalue weighted by atomic mass is 10.2. The second kappa shape index (κ2) is 4.74. The molecule has 1 amide bonds. The molecule has 0 bridgehead atoms. The summed E-state index contributed by atoms with van der Waals surface area (Å²) in [6.07, 6.45) is 4.26. The topological polar surface area (TPSA) is 42.0 Å². The number of hydrogen-bond acceptors (Lipinski definition) is 2. The molecule has 1 N–H and O–H groups in total. The zero-order valence-corrected chi connectivity index (χ0v) is 8.87. The van der Waals surface area contributed by atoms with Crippen molar-refractivity contribution in [1.82, 2.24) is 10.3 Å². The fourth-order valence-corrected chi connectivity index (χ4v) is 1.09. The van der Waals surface area contributed by atoms with E-state index in [9.17, 15) is 4.79 Å². The smallest absolute Gasteiger partial charge is 0.253 e. The summed E-state index contributed by atoms with van der Waals surface area (Å²) in [6, 6.07) is 2.05. The SMILES string of the molecule is CCC(C)NC(=O)c1cncc(C)c1. The van der Waals surface area contributed by atoms with Crippen LogP contribution in [0.2, 0.25) is 0 Å². The molecular weight excluding hydrogens is 176 g/mol. The summed E-state index contributed by atoms with van der Waals surface area (Å²) >= 11 is 0. The van der Waals surface area contributed by atoms with E-state index in [1.54, 1.807) is 12.4 Å². The van der Waals surface area contributed by atoms with Crippen LogP contribution < -0.4 is 5.32 Å². The van der Waals surface area contributed by atoms with Gasteiger partial charge in [0.15, 0.2) is 0 Å². The van der Waals surface area contributed by atoms with E-state index in [2.05, 4.69) is 10.3 Å². The van der Waals surface area contributed by atoms with Gasteiger partial charge in [-0.25, -0.2) is 0 Å². The molecule has 0 aliphatic rings. The minimum atomic E-state index is -0.0458. The van der Waals surface area contributed by atoms with E-state index in [-0.39, 0.29) is 11.9 Å². The van der Waals surface area contributed by atoms with Crippen molar-refractivity contribution in [1.29, 1.82) is 0 Å². The molecular formula is C11H16N2O. The Morgan fingerprint density at radius 2 is 2.29 bits per heavy atom. The van der Waals surface area contributed by atoms with E-state index < -0.39 is 0 Å². The number of amides is 1. The maximum Gasteiger partial charge on any atom is 0.253 e. The monoisotopic (exact) mass is 192 g/mol. The van der Waals surface area contributed by atoms with Crippen LogP contribution in [0.4, 0.5) is 0 Å². The summed E-state index contributed by atoms with van der Waals surface area (Å²) in [7, 11) is 0. The van der Waals surface area contributed by atoms with Gasteiger partial charge in [0.1, 0.15) is 0 Å². The molecule has 0 spiro atoms. The average Bonchev–Trinajstić information content (AvgIpc) is 2.17. The predicted octanol–water partition coefficient (Wildman–Crippen LogP) is 1.92. The first-order valence-corrected chi connectivity index (χ1v) is 4.86. The number of nitrogens with one attached hydrogen (secondary N) is 1. The van der Waals surface area contributed by atoms with Gasteiger partial charge in [0.2, 0.25) is 0 Å². The highest BCUT2D eigenvalue weighted by molar-refractivity contribution is 5.94. The van der Waals surface area contributed by atoms with Gasteiger partial charge in [-0.05, 0) is 31.9 Å². The Bertz CT molecular complexity index is 323. The van der Waals surface area contributed by atoms with Gasteiger partial charge in [-0.2, -0.15) is 0 Å². The molecule has 1 atom stereocenters. The third kappa shape index (κ3) is 2.83. The van der Waals surface area contributed by atoms with Crippen molar-refractivity contribution in [3.05, 3.63) is 29.6 Å². The highest BCUT2D eigenvalue weighted by atomic mass is 16.1. The second-order valence-electron chi connectivity index (χ2n) is 3.53. The maximum atomic E-state index is 11.6. The van der Waals surface area contributed by atoms with E-state index in [0.29, 0.717) is 5.56 Å². The summed E-state index contributed by atoms with van der Waals surface area (Å²) in [5.41, 5.74) is 1.63. The minimum absolute atomic E-state index is 0.0458. The molecule has 0 fully saturated rings. The number of hydrogen-bond donors (Lipinski definition) is 1. The van der Waals surface area contributed by atoms with Gasteiger partial charge in [-0.3, -0.25) is 9.78 Å². The van der Waals surface area contributed by atoms with Gasteiger partial charge in [0, 0.05) is 18.4 Å². The summed E-state index contributed by atoms with van der Waals surface area (Å²) in [5, 5.41) is 2.89. The number of carbonyl (C=O) groups is 1. The van der Waals surface area contributed by atoms with Crippen LogP contribution in [0.1, 0.15) is 36.2 Å². The number of pyridine rings is 1. The summed E-state index contributed by atoms with van der Waals surface area (Å²) in [4.78, 5) is 15.6. The molecule has 0 aliphatic heterocycles. The van der Waals surface area contributed by atoms with Crippen molar-refractivity contribution in [2.24, 2.45) is 0 Å². The van der Waals surface area contributed by atoms with Gasteiger partial charge < -0.3 is 5.32 Å². The lowest BCUT2D eigenvalue weighted by Gasteiger charge is -2.11. The lowest BCUT2D eigenvalue weighted by molar-refractivity contribution is 0.0939. The Labute approximate surface area is 84.6 Å². The fourth-order valence-electron chi connectivity index (χ4n) is 1.09. The Hall–Kier alpha value is -1.38. The Morgan fingerprint density at radius 1 is 1.57 bits per heavy atom. The van der Waals surface area contributed by atoms with Crippen LogP contribution in [0, 0.1) is 6.92 Å². The molecule has 76 valence electrons. The highest BCUT2D eigenvalue weighted by Crippen LogP contribution is 2.01. The molecule has 3 heteroatoms. The van der Waals surface area contributed by atoms with Gasteiger partial charge in [0.25, 0.3) is 5.91 Å². The summed E-state index contributed by atoms with van der Waals surface area (Å²) in [6.45, 7) is 5.95. The molecule has 0 saturated carbocycles. The summed E-state index contributed by atoms with van der Waals surface area (Å²) < 4.78 is 0. The number of nitrogens with zero attached hydrogens (tertiary/aromatic N) is 1. The van der Waals surface area contributed by atoms with Crippen LogP contribution in [0.3, 0.4) is 0 Å². The van der Waals surface area contributed by atoms with Crippen LogP contribution >= 0.6 is 0 Å². The zero-order valence-electron chi connectivity index (χ0n) is 8.87. The van der Waals surface area contributed by atoms with E-state index in [0.717, 1.165) is 12.0 Å². The van der Waals surface area contributed by atoms with Gasteiger partial charge in [-0.15, -0.1) is 0 Å². The number of aryl methyl sites for hydroxylation is 1. The molecule has 14 heavy (non-hydrogen) atoms. The van der Waals surface area contributed by atoms with Crippen molar-refractivity contribution in [2.75, 3.05) is 0 Å². The van der Waals surface area contributed by atoms with E-state index >= 15 is 0 Å².